The van der Waals surface area contributed by atoms with Gasteiger partial charge in [0.2, 0.25) is 0 Å². The molecule has 4 heterocycles. The van der Waals surface area contributed by atoms with E-state index in [-0.39, 0.29) is 23.4 Å². The lowest BCUT2D eigenvalue weighted by Gasteiger charge is -2.30. The predicted molar refractivity (Wildman–Crippen MR) is 166 cm³/mol. The molecule has 0 saturated heterocycles. The van der Waals surface area contributed by atoms with Crippen molar-refractivity contribution >= 4 is 44.3 Å². The number of hydrogen-bond acceptors (Lipinski definition) is 9. The third-order valence-corrected chi connectivity index (χ3v) is 8.88. The molecule has 2 aromatic carbocycles. The number of fused-ring (bicyclic) bond motifs is 2. The summed E-state index contributed by atoms with van der Waals surface area (Å²) in [5, 5.41) is 7.06. The van der Waals surface area contributed by atoms with Gasteiger partial charge in [-0.1, -0.05) is 6.07 Å². The molecule has 0 saturated carbocycles. The number of aromatic nitrogens is 5. The smallest absolute Gasteiger partial charge is 0.410 e. The number of ether oxygens (including phenoxy) is 1. The van der Waals surface area contributed by atoms with E-state index in [1.54, 1.807) is 48.7 Å². The summed E-state index contributed by atoms with van der Waals surface area (Å²) in [7, 11) is -4.44. The largest absolute Gasteiger partial charge is 0.444 e. The Morgan fingerprint density at radius 2 is 1.81 bits per heavy atom. The van der Waals surface area contributed by atoms with Gasteiger partial charge in [0.25, 0.3) is 10.0 Å². The highest BCUT2D eigenvalue weighted by molar-refractivity contribution is 7.92. The highest BCUT2D eigenvalue weighted by Gasteiger charge is 2.29. The number of sulfonamides is 1. The molecule has 5 aromatic rings. The van der Waals surface area contributed by atoms with Crippen molar-refractivity contribution < 1.29 is 31.1 Å². The van der Waals surface area contributed by atoms with Crippen LogP contribution in [0.5, 0.6) is 0 Å². The molecular weight excluding hydrogens is 637 g/mol. The van der Waals surface area contributed by atoms with Gasteiger partial charge in [-0.15, -0.1) is 0 Å². The molecule has 0 atom stereocenters. The van der Waals surface area contributed by atoms with Crippen molar-refractivity contribution in [3.05, 3.63) is 89.3 Å². The Labute approximate surface area is 267 Å². The Balaban J connectivity index is 1.32. The zero-order valence-electron chi connectivity index (χ0n) is 25.7. The Morgan fingerprint density at radius 3 is 2.57 bits per heavy atom. The second-order valence-corrected chi connectivity index (χ2v) is 13.5. The SMILES string of the molecule is Cc1c(F)cccc1S(=O)(=O)Nc1ccc(F)c(Nc2ncnc3ccc(-n4ncc5c4CN(C(=O)OC(C)(C)C)CC5)nc23)c1F. The van der Waals surface area contributed by atoms with Gasteiger partial charge in [-0.2, -0.15) is 5.10 Å². The molecule has 244 valence electrons. The van der Waals surface area contributed by atoms with Crippen molar-refractivity contribution in [2.24, 2.45) is 0 Å². The number of anilines is 3. The maximum Gasteiger partial charge on any atom is 0.410 e. The van der Waals surface area contributed by atoms with Crippen LogP contribution in [0.4, 0.5) is 35.2 Å². The summed E-state index contributed by atoms with van der Waals surface area (Å²) >= 11 is 0. The first-order valence-corrected chi connectivity index (χ1v) is 15.9. The fourth-order valence-electron chi connectivity index (χ4n) is 5.06. The number of carbonyl (C=O) groups excluding carboxylic acids is 1. The lowest BCUT2D eigenvalue weighted by molar-refractivity contribution is 0.0220. The number of nitrogens with zero attached hydrogens (tertiary/aromatic N) is 6. The number of hydrogen-bond donors (Lipinski definition) is 2. The number of carbonyl (C=O) groups is 1. The Morgan fingerprint density at radius 1 is 1.02 bits per heavy atom. The summed E-state index contributed by atoms with van der Waals surface area (Å²) < 4.78 is 80.0. The van der Waals surface area contributed by atoms with Crippen LogP contribution in [0, 0.1) is 24.4 Å². The molecular formula is C31H29F3N8O4S. The fraction of sp³-hybridized carbons (Fsp3) is 0.258. The Hall–Kier alpha value is -5.25. The molecule has 0 unspecified atom stereocenters. The summed E-state index contributed by atoms with van der Waals surface area (Å²) in [5.41, 5.74) is -0.0103. The van der Waals surface area contributed by atoms with E-state index in [4.69, 9.17) is 4.74 Å². The number of rotatable bonds is 6. The molecule has 1 aliphatic rings. The van der Waals surface area contributed by atoms with Crippen molar-refractivity contribution in [3.63, 3.8) is 0 Å². The highest BCUT2D eigenvalue weighted by Crippen LogP contribution is 2.32. The summed E-state index contributed by atoms with van der Waals surface area (Å²) in [6.07, 6.45) is 2.96. The second kappa shape index (κ2) is 11.8. The fourth-order valence-corrected chi connectivity index (χ4v) is 6.38. The normalized spacial score (nSPS) is 13.4. The van der Waals surface area contributed by atoms with E-state index in [0.29, 0.717) is 30.0 Å². The predicted octanol–water partition coefficient (Wildman–Crippen LogP) is 5.77. The zero-order chi connectivity index (χ0) is 33.7. The molecule has 0 spiro atoms. The van der Waals surface area contributed by atoms with E-state index in [0.717, 1.165) is 23.8 Å². The number of pyridine rings is 1. The minimum absolute atomic E-state index is 0.0768. The minimum Gasteiger partial charge on any atom is -0.444 e. The number of halogens is 3. The van der Waals surface area contributed by atoms with Crippen molar-refractivity contribution in [1.82, 2.24) is 29.6 Å². The van der Waals surface area contributed by atoms with E-state index in [9.17, 15) is 17.6 Å². The first-order chi connectivity index (χ1) is 22.2. The number of benzene rings is 2. The van der Waals surface area contributed by atoms with Crippen LogP contribution in [0.2, 0.25) is 0 Å². The van der Waals surface area contributed by atoms with E-state index < -0.39 is 55.4 Å². The van der Waals surface area contributed by atoms with Gasteiger partial charge in [-0.05, 0) is 76.1 Å². The van der Waals surface area contributed by atoms with Gasteiger partial charge in [0, 0.05) is 12.1 Å². The van der Waals surface area contributed by atoms with Gasteiger partial charge in [0.15, 0.2) is 17.5 Å². The van der Waals surface area contributed by atoms with Gasteiger partial charge in [0.1, 0.15) is 34.8 Å². The van der Waals surface area contributed by atoms with Gasteiger partial charge in [0.05, 0.1) is 34.5 Å². The highest BCUT2D eigenvalue weighted by atomic mass is 32.2. The van der Waals surface area contributed by atoms with Crippen LogP contribution in [0.15, 0.2) is 59.9 Å². The van der Waals surface area contributed by atoms with E-state index in [1.807, 2.05) is 0 Å². The number of nitrogens with one attached hydrogen (secondary N) is 2. The first-order valence-electron chi connectivity index (χ1n) is 14.4. The molecule has 47 heavy (non-hydrogen) atoms. The average molecular weight is 667 g/mol. The zero-order valence-corrected chi connectivity index (χ0v) is 26.5. The van der Waals surface area contributed by atoms with Crippen LogP contribution in [-0.2, 0) is 27.7 Å². The van der Waals surface area contributed by atoms with Gasteiger partial charge in [-0.3, -0.25) is 4.72 Å². The van der Waals surface area contributed by atoms with E-state index >= 15 is 8.78 Å². The molecule has 1 aliphatic heterocycles. The van der Waals surface area contributed by atoms with Crippen molar-refractivity contribution in [1.29, 1.82) is 0 Å². The lowest BCUT2D eigenvalue weighted by atomic mass is 10.1. The summed E-state index contributed by atoms with van der Waals surface area (Å²) in [6, 6.07) is 8.55. The first kappa shape index (κ1) is 31.7. The summed E-state index contributed by atoms with van der Waals surface area (Å²) in [4.78, 5) is 26.9. The molecule has 0 radical (unpaired) electrons. The minimum atomic E-state index is -4.44. The van der Waals surface area contributed by atoms with Crippen LogP contribution in [0.3, 0.4) is 0 Å². The maximum absolute atomic E-state index is 15.7. The third kappa shape index (κ3) is 6.27. The van der Waals surface area contributed by atoms with Crippen LogP contribution in [0.1, 0.15) is 37.6 Å². The molecule has 16 heteroatoms. The Bertz CT molecular complexity index is 2150. The van der Waals surface area contributed by atoms with E-state index in [1.165, 1.54) is 25.4 Å². The molecule has 12 nitrogen and oxygen atoms in total. The van der Waals surface area contributed by atoms with Crippen molar-refractivity contribution in [2.45, 2.75) is 51.2 Å². The Kier molecular flexibility index (Phi) is 7.99. The molecule has 1 amide bonds. The topological polar surface area (TPSA) is 144 Å². The summed E-state index contributed by atoms with van der Waals surface area (Å²) in [5.74, 6) is -2.82. The molecule has 3 aromatic heterocycles. The number of amides is 1. The molecule has 0 fully saturated rings. The quantitative estimate of drug-likeness (QED) is 0.231. The van der Waals surface area contributed by atoms with Crippen LogP contribution < -0.4 is 10.0 Å². The molecule has 0 bridgehead atoms. The van der Waals surface area contributed by atoms with Crippen LogP contribution >= 0.6 is 0 Å². The molecule has 6 rings (SSSR count). The van der Waals surface area contributed by atoms with Crippen LogP contribution in [0.25, 0.3) is 16.9 Å². The van der Waals surface area contributed by atoms with Crippen LogP contribution in [-0.4, -0.2) is 56.3 Å². The molecule has 0 aliphatic carbocycles. The van der Waals surface area contributed by atoms with Gasteiger partial charge in [-0.25, -0.2) is 46.0 Å². The third-order valence-electron chi connectivity index (χ3n) is 7.37. The standard InChI is InChI=1S/C31H29F3N8O4S/c1-17-19(32)6-5-7-24(17)47(44,45)40-21-9-8-20(33)27(26(21)34)39-29-28-22(35-16-36-29)10-11-25(38-28)42-23-15-41(13-12-18(23)14-37-42)30(43)46-31(2,3)4/h5-11,14,16,40H,12-13,15H2,1-4H3,(H,35,36,39). The van der Waals surface area contributed by atoms with Crippen molar-refractivity contribution in [3.8, 4) is 5.82 Å². The van der Waals surface area contributed by atoms with Crippen molar-refractivity contribution in [2.75, 3.05) is 16.6 Å². The second-order valence-electron chi connectivity index (χ2n) is 11.8. The van der Waals surface area contributed by atoms with E-state index in [2.05, 4.69) is 30.1 Å². The maximum atomic E-state index is 15.7. The molecule has 2 N–H and O–H groups in total. The van der Waals surface area contributed by atoms with Gasteiger partial charge < -0.3 is 15.0 Å². The summed E-state index contributed by atoms with van der Waals surface area (Å²) in [6.45, 7) is 7.31. The monoisotopic (exact) mass is 666 g/mol. The van der Waals surface area contributed by atoms with Gasteiger partial charge >= 0.3 is 6.09 Å². The lowest BCUT2D eigenvalue weighted by Crippen LogP contribution is -2.40. The average Bonchev–Trinajstić information content (AvgIpc) is 3.44.